The van der Waals surface area contributed by atoms with Gasteiger partial charge in [0, 0.05) is 18.1 Å². The third-order valence-electron chi connectivity index (χ3n) is 1.91. The number of carbonyl (C=O) groups is 1. The minimum absolute atomic E-state index is 0.151. The first kappa shape index (κ1) is 12.0. The molecule has 0 heterocycles. The number of nitrogens with one attached hydrogen (secondary N) is 1. The topological polar surface area (TPSA) is 75.4 Å². The zero-order valence-electron chi connectivity index (χ0n) is 8.11. The molecule has 0 aromatic heterocycles. The molecule has 0 saturated carbocycles. The number of halogens is 1. The van der Waals surface area contributed by atoms with Gasteiger partial charge in [-0.05, 0) is 17.7 Å². The average Bonchev–Trinajstić information content (AvgIpc) is 2.20. The zero-order chi connectivity index (χ0) is 11.3. The van der Waals surface area contributed by atoms with Crippen molar-refractivity contribution in [2.24, 2.45) is 5.73 Å². The van der Waals surface area contributed by atoms with E-state index in [1.807, 2.05) is 12.1 Å². The first-order valence-electron chi connectivity index (χ1n) is 4.52. The molecule has 0 bridgehead atoms. The zero-order valence-corrected chi connectivity index (χ0v) is 8.87. The smallest absolute Gasteiger partial charge is 0.247 e. The molecule has 1 atom stereocenters. The summed E-state index contributed by atoms with van der Waals surface area (Å²) in [6.07, 6.45) is -1.14. The van der Waals surface area contributed by atoms with E-state index in [9.17, 15) is 4.79 Å². The van der Waals surface area contributed by atoms with Crippen molar-refractivity contribution in [1.29, 1.82) is 0 Å². The van der Waals surface area contributed by atoms with Crippen LogP contribution >= 0.6 is 11.6 Å². The molecule has 1 rings (SSSR count). The molecule has 0 saturated heterocycles. The van der Waals surface area contributed by atoms with E-state index in [0.29, 0.717) is 11.6 Å². The minimum atomic E-state index is -1.14. The van der Waals surface area contributed by atoms with Crippen molar-refractivity contribution >= 4 is 17.5 Å². The molecular weight excluding hydrogens is 216 g/mol. The molecule has 1 aromatic rings. The van der Waals surface area contributed by atoms with Crippen LogP contribution in [0.15, 0.2) is 24.3 Å². The van der Waals surface area contributed by atoms with Gasteiger partial charge in [-0.1, -0.05) is 23.7 Å². The molecule has 0 spiro atoms. The summed E-state index contributed by atoms with van der Waals surface area (Å²) in [5, 5.41) is 12.7. The van der Waals surface area contributed by atoms with E-state index >= 15 is 0 Å². The Kier molecular flexibility index (Phi) is 4.55. The number of benzene rings is 1. The van der Waals surface area contributed by atoms with Crippen molar-refractivity contribution in [3.63, 3.8) is 0 Å². The molecule has 1 aromatic carbocycles. The van der Waals surface area contributed by atoms with Gasteiger partial charge in [-0.15, -0.1) is 0 Å². The molecule has 0 radical (unpaired) electrons. The molecule has 0 aliphatic rings. The Balaban J connectivity index is 2.32. The second kappa shape index (κ2) is 5.70. The van der Waals surface area contributed by atoms with E-state index in [1.54, 1.807) is 12.1 Å². The van der Waals surface area contributed by atoms with Crippen molar-refractivity contribution in [3.8, 4) is 0 Å². The van der Waals surface area contributed by atoms with Crippen LogP contribution < -0.4 is 11.1 Å². The number of hydrogen-bond acceptors (Lipinski definition) is 3. The highest BCUT2D eigenvalue weighted by Gasteiger charge is 2.08. The first-order chi connectivity index (χ1) is 7.09. The molecule has 82 valence electrons. The third kappa shape index (κ3) is 4.29. The number of nitrogens with two attached hydrogens (primary N) is 1. The van der Waals surface area contributed by atoms with Crippen LogP contribution in [0.2, 0.25) is 5.02 Å². The quantitative estimate of drug-likeness (QED) is 0.678. The maximum Gasteiger partial charge on any atom is 0.247 e. The Morgan fingerprint density at radius 3 is 2.60 bits per heavy atom. The fraction of sp³-hybridized carbons (Fsp3) is 0.300. The molecule has 1 amide bonds. The predicted molar refractivity (Wildman–Crippen MR) is 58.4 cm³/mol. The molecule has 0 aliphatic carbocycles. The van der Waals surface area contributed by atoms with E-state index < -0.39 is 12.0 Å². The summed E-state index contributed by atoms with van der Waals surface area (Å²) >= 11 is 5.72. The number of amides is 1. The van der Waals surface area contributed by atoms with Gasteiger partial charge in [-0.2, -0.15) is 0 Å². The highest BCUT2D eigenvalue weighted by Crippen LogP contribution is 2.08. The van der Waals surface area contributed by atoms with E-state index in [2.05, 4.69) is 5.32 Å². The van der Waals surface area contributed by atoms with Crippen LogP contribution in [0.1, 0.15) is 5.56 Å². The number of aliphatic hydroxyl groups excluding tert-OH is 1. The van der Waals surface area contributed by atoms with Crippen LogP contribution in [-0.4, -0.2) is 23.7 Å². The summed E-state index contributed by atoms with van der Waals surface area (Å²) in [6, 6.07) is 7.30. The van der Waals surface area contributed by atoms with E-state index in [-0.39, 0.29) is 6.54 Å². The lowest BCUT2D eigenvalue weighted by Crippen LogP contribution is -2.37. The summed E-state index contributed by atoms with van der Waals surface area (Å²) in [7, 11) is 0. The van der Waals surface area contributed by atoms with Gasteiger partial charge in [-0.25, -0.2) is 0 Å². The van der Waals surface area contributed by atoms with Crippen LogP contribution in [0.25, 0.3) is 0 Å². The second-order valence-electron chi connectivity index (χ2n) is 3.18. The molecular formula is C10H13ClN2O2. The van der Waals surface area contributed by atoms with Gasteiger partial charge in [0.2, 0.25) is 5.91 Å². The third-order valence-corrected chi connectivity index (χ3v) is 2.16. The van der Waals surface area contributed by atoms with Crippen LogP contribution in [-0.2, 0) is 11.3 Å². The van der Waals surface area contributed by atoms with Gasteiger partial charge in [0.25, 0.3) is 0 Å². The van der Waals surface area contributed by atoms with E-state index in [1.165, 1.54) is 0 Å². The van der Waals surface area contributed by atoms with Crippen LogP contribution in [0.5, 0.6) is 0 Å². The Morgan fingerprint density at radius 2 is 2.07 bits per heavy atom. The standard InChI is InChI=1S/C10H13ClN2O2/c11-8-3-1-7(2-4-8)5-13-6-9(14)10(12)15/h1-4,9,13-14H,5-6H2,(H2,12,15). The Hall–Kier alpha value is -1.10. The maximum absolute atomic E-state index is 10.5. The van der Waals surface area contributed by atoms with Gasteiger partial charge < -0.3 is 16.2 Å². The van der Waals surface area contributed by atoms with Crippen LogP contribution in [0.4, 0.5) is 0 Å². The number of primary amides is 1. The van der Waals surface area contributed by atoms with Gasteiger partial charge in [0.1, 0.15) is 6.10 Å². The second-order valence-corrected chi connectivity index (χ2v) is 3.61. The lowest BCUT2D eigenvalue weighted by molar-refractivity contribution is -0.125. The van der Waals surface area contributed by atoms with Gasteiger partial charge >= 0.3 is 0 Å². The number of carbonyl (C=O) groups excluding carboxylic acids is 1. The van der Waals surface area contributed by atoms with Crippen molar-refractivity contribution in [1.82, 2.24) is 5.32 Å². The van der Waals surface area contributed by atoms with Crippen LogP contribution in [0.3, 0.4) is 0 Å². The molecule has 15 heavy (non-hydrogen) atoms. The molecule has 0 fully saturated rings. The molecule has 1 unspecified atom stereocenters. The summed E-state index contributed by atoms with van der Waals surface area (Å²) < 4.78 is 0. The van der Waals surface area contributed by atoms with Gasteiger partial charge in [0.05, 0.1) is 0 Å². The van der Waals surface area contributed by atoms with Crippen LogP contribution in [0, 0.1) is 0 Å². The highest BCUT2D eigenvalue weighted by molar-refractivity contribution is 6.30. The number of aliphatic hydroxyl groups is 1. The van der Waals surface area contributed by atoms with Crippen molar-refractivity contribution in [2.45, 2.75) is 12.6 Å². The van der Waals surface area contributed by atoms with E-state index in [0.717, 1.165) is 5.56 Å². The van der Waals surface area contributed by atoms with Crippen molar-refractivity contribution in [2.75, 3.05) is 6.54 Å². The maximum atomic E-state index is 10.5. The summed E-state index contributed by atoms with van der Waals surface area (Å²) in [5.41, 5.74) is 5.91. The summed E-state index contributed by atoms with van der Waals surface area (Å²) in [4.78, 5) is 10.5. The Bertz CT molecular complexity index is 327. The SMILES string of the molecule is NC(=O)C(O)CNCc1ccc(Cl)cc1. The predicted octanol–water partition coefficient (Wildman–Crippen LogP) is 0.276. The monoisotopic (exact) mass is 228 g/mol. The highest BCUT2D eigenvalue weighted by atomic mass is 35.5. The van der Waals surface area contributed by atoms with Crippen molar-refractivity contribution < 1.29 is 9.90 Å². The van der Waals surface area contributed by atoms with Gasteiger partial charge in [-0.3, -0.25) is 4.79 Å². The Morgan fingerprint density at radius 1 is 1.47 bits per heavy atom. The number of hydrogen-bond donors (Lipinski definition) is 3. The lowest BCUT2D eigenvalue weighted by Gasteiger charge is -2.08. The average molecular weight is 229 g/mol. The molecule has 0 aliphatic heterocycles. The Labute approximate surface area is 93.0 Å². The fourth-order valence-corrected chi connectivity index (χ4v) is 1.18. The molecule has 4 nitrogen and oxygen atoms in total. The summed E-state index contributed by atoms with van der Waals surface area (Å²) in [5.74, 6) is -0.724. The number of rotatable bonds is 5. The summed E-state index contributed by atoms with van der Waals surface area (Å²) in [6.45, 7) is 0.708. The largest absolute Gasteiger partial charge is 0.382 e. The first-order valence-corrected chi connectivity index (χ1v) is 4.90. The minimum Gasteiger partial charge on any atom is -0.382 e. The molecule has 5 heteroatoms. The normalized spacial score (nSPS) is 12.4. The molecule has 4 N–H and O–H groups in total. The lowest BCUT2D eigenvalue weighted by atomic mass is 10.2. The van der Waals surface area contributed by atoms with Crippen molar-refractivity contribution in [3.05, 3.63) is 34.9 Å². The fourth-order valence-electron chi connectivity index (χ4n) is 1.06. The van der Waals surface area contributed by atoms with Gasteiger partial charge in [0.15, 0.2) is 0 Å². The van der Waals surface area contributed by atoms with E-state index in [4.69, 9.17) is 22.4 Å².